The smallest absolute Gasteiger partial charge is 0.153 e. The average molecular weight is 293 g/mol. The van der Waals surface area contributed by atoms with Crippen LogP contribution >= 0.6 is 11.6 Å². The maximum Gasteiger partial charge on any atom is 0.153 e. The summed E-state index contributed by atoms with van der Waals surface area (Å²) < 4.78 is 10.6. The van der Waals surface area contributed by atoms with Crippen LogP contribution in [0.1, 0.15) is 15.9 Å². The van der Waals surface area contributed by atoms with Gasteiger partial charge in [-0.3, -0.25) is 4.79 Å². The molecule has 0 amide bonds. The van der Waals surface area contributed by atoms with Gasteiger partial charge in [-0.2, -0.15) is 0 Å². The molecule has 2 aromatic carbocycles. The minimum absolute atomic E-state index is 0.131. The number of phenolic OH excluding ortho intramolecular Hbond substituents is 1. The fraction of sp³-hybridized carbons (Fsp3) is 0.133. The lowest BCUT2D eigenvalue weighted by Crippen LogP contribution is -1.97. The third-order valence-electron chi connectivity index (χ3n) is 2.76. The van der Waals surface area contributed by atoms with E-state index in [9.17, 15) is 9.90 Å². The summed E-state index contributed by atoms with van der Waals surface area (Å²) in [5, 5.41) is 9.87. The summed E-state index contributed by atoms with van der Waals surface area (Å²) in [5.74, 6) is 0.930. The molecule has 1 N–H and O–H groups in total. The Hall–Kier alpha value is -2.20. The van der Waals surface area contributed by atoms with E-state index >= 15 is 0 Å². The number of carbonyl (C=O) groups excluding carboxylic acids is 1. The zero-order valence-electron chi connectivity index (χ0n) is 10.8. The maximum atomic E-state index is 10.7. The van der Waals surface area contributed by atoms with Crippen LogP contribution in [0.2, 0.25) is 5.02 Å². The molecular formula is C15H13ClO4. The average Bonchev–Trinajstić information content (AvgIpc) is 2.48. The zero-order chi connectivity index (χ0) is 14.5. The Labute approximate surface area is 121 Å². The van der Waals surface area contributed by atoms with Crippen molar-refractivity contribution in [3.8, 4) is 17.2 Å². The Morgan fingerprint density at radius 3 is 2.55 bits per heavy atom. The van der Waals surface area contributed by atoms with Gasteiger partial charge < -0.3 is 14.6 Å². The Morgan fingerprint density at radius 1 is 1.25 bits per heavy atom. The largest absolute Gasteiger partial charge is 0.507 e. The third-order valence-corrected chi connectivity index (χ3v) is 3.06. The summed E-state index contributed by atoms with van der Waals surface area (Å²) in [7, 11) is 1.60. The number of hydrogen-bond donors (Lipinski definition) is 1. The molecule has 5 heteroatoms. The number of rotatable bonds is 5. The molecule has 0 aromatic heterocycles. The molecule has 104 valence electrons. The van der Waals surface area contributed by atoms with E-state index in [1.165, 1.54) is 12.1 Å². The fourth-order valence-corrected chi connectivity index (χ4v) is 1.87. The number of hydrogen-bond acceptors (Lipinski definition) is 4. The van der Waals surface area contributed by atoms with Crippen molar-refractivity contribution < 1.29 is 19.4 Å². The highest BCUT2D eigenvalue weighted by atomic mass is 35.5. The first kappa shape index (κ1) is 14.2. The summed E-state index contributed by atoms with van der Waals surface area (Å²) in [6.45, 7) is 0.295. The van der Waals surface area contributed by atoms with Gasteiger partial charge in [-0.25, -0.2) is 0 Å². The number of benzene rings is 2. The number of aldehydes is 1. The summed E-state index contributed by atoms with van der Waals surface area (Å²) >= 11 is 5.98. The minimum atomic E-state index is -0.158. The molecule has 0 aliphatic rings. The van der Waals surface area contributed by atoms with E-state index < -0.39 is 0 Å². The highest BCUT2D eigenvalue weighted by Crippen LogP contribution is 2.31. The molecule has 0 saturated heterocycles. The molecule has 0 heterocycles. The van der Waals surface area contributed by atoms with Gasteiger partial charge in [-0.15, -0.1) is 0 Å². The second kappa shape index (κ2) is 6.30. The number of aromatic hydroxyl groups is 1. The van der Waals surface area contributed by atoms with E-state index in [0.717, 1.165) is 11.3 Å². The molecule has 0 bridgehead atoms. The molecule has 4 nitrogen and oxygen atoms in total. The normalized spacial score (nSPS) is 10.1. The molecule has 0 radical (unpaired) electrons. The van der Waals surface area contributed by atoms with Crippen molar-refractivity contribution in [2.75, 3.05) is 7.11 Å². The van der Waals surface area contributed by atoms with Crippen molar-refractivity contribution in [1.29, 1.82) is 0 Å². The second-order valence-electron chi connectivity index (χ2n) is 4.10. The Morgan fingerprint density at radius 2 is 1.95 bits per heavy atom. The molecule has 20 heavy (non-hydrogen) atoms. The monoisotopic (exact) mass is 292 g/mol. The lowest BCUT2D eigenvalue weighted by atomic mass is 10.2. The Kier molecular flexibility index (Phi) is 4.48. The molecule has 0 atom stereocenters. The number of carbonyl (C=O) groups is 1. The first-order chi connectivity index (χ1) is 9.63. The first-order valence-electron chi connectivity index (χ1n) is 5.87. The van der Waals surface area contributed by atoms with Crippen molar-refractivity contribution in [3.63, 3.8) is 0 Å². The highest BCUT2D eigenvalue weighted by Gasteiger charge is 2.08. The van der Waals surface area contributed by atoms with Crippen LogP contribution < -0.4 is 9.47 Å². The second-order valence-corrected chi connectivity index (χ2v) is 4.50. The Bertz CT molecular complexity index is 608. The van der Waals surface area contributed by atoms with Crippen LogP contribution in [0.15, 0.2) is 36.4 Å². The number of methoxy groups -OCH3 is 1. The quantitative estimate of drug-likeness (QED) is 0.858. The topological polar surface area (TPSA) is 55.8 Å². The van der Waals surface area contributed by atoms with E-state index in [1.807, 2.05) is 24.3 Å². The van der Waals surface area contributed by atoms with Crippen LogP contribution in [0.4, 0.5) is 0 Å². The van der Waals surface area contributed by atoms with Gasteiger partial charge in [-0.05, 0) is 23.8 Å². The van der Waals surface area contributed by atoms with Crippen LogP contribution in [0.25, 0.3) is 0 Å². The molecule has 0 spiro atoms. The van der Waals surface area contributed by atoms with Gasteiger partial charge >= 0.3 is 0 Å². The van der Waals surface area contributed by atoms with Gasteiger partial charge in [0.05, 0.1) is 17.7 Å². The summed E-state index contributed by atoms with van der Waals surface area (Å²) in [6.07, 6.45) is 0.536. The van der Waals surface area contributed by atoms with Gasteiger partial charge in [0.1, 0.15) is 23.9 Å². The summed E-state index contributed by atoms with van der Waals surface area (Å²) in [4.78, 5) is 10.7. The van der Waals surface area contributed by atoms with Gasteiger partial charge in [0.15, 0.2) is 6.29 Å². The predicted molar refractivity (Wildman–Crippen MR) is 75.8 cm³/mol. The molecule has 0 aliphatic carbocycles. The maximum absolute atomic E-state index is 10.7. The number of phenols is 1. The first-order valence-corrected chi connectivity index (χ1v) is 6.25. The van der Waals surface area contributed by atoms with Crippen LogP contribution in [0, 0.1) is 0 Å². The molecule has 0 saturated carbocycles. The zero-order valence-corrected chi connectivity index (χ0v) is 11.6. The van der Waals surface area contributed by atoms with Gasteiger partial charge in [0, 0.05) is 6.07 Å². The number of ether oxygens (including phenoxy) is 2. The van der Waals surface area contributed by atoms with Gasteiger partial charge in [-0.1, -0.05) is 23.7 Å². The van der Waals surface area contributed by atoms with Gasteiger partial charge in [0.25, 0.3) is 0 Å². The lowest BCUT2D eigenvalue weighted by Gasteiger charge is -2.10. The van der Waals surface area contributed by atoms with E-state index in [2.05, 4.69) is 0 Å². The highest BCUT2D eigenvalue weighted by molar-refractivity contribution is 6.32. The molecule has 2 rings (SSSR count). The summed E-state index contributed by atoms with van der Waals surface area (Å²) in [6, 6.07) is 10.1. The summed E-state index contributed by atoms with van der Waals surface area (Å²) in [5.41, 5.74) is 1.06. The van der Waals surface area contributed by atoms with Crippen molar-refractivity contribution in [2.45, 2.75) is 6.61 Å². The van der Waals surface area contributed by atoms with Crippen molar-refractivity contribution in [1.82, 2.24) is 0 Å². The van der Waals surface area contributed by atoms with E-state index in [1.54, 1.807) is 7.11 Å². The molecular weight excluding hydrogens is 280 g/mol. The van der Waals surface area contributed by atoms with Gasteiger partial charge in [0.2, 0.25) is 0 Å². The van der Waals surface area contributed by atoms with Crippen molar-refractivity contribution in [2.24, 2.45) is 0 Å². The van der Waals surface area contributed by atoms with E-state index in [4.69, 9.17) is 21.1 Å². The third kappa shape index (κ3) is 3.22. The lowest BCUT2D eigenvalue weighted by molar-refractivity contribution is 0.112. The fourth-order valence-electron chi connectivity index (χ4n) is 1.65. The van der Waals surface area contributed by atoms with Crippen LogP contribution in [-0.2, 0) is 6.61 Å². The number of halogens is 1. The Balaban J connectivity index is 2.10. The molecule has 0 fully saturated rings. The van der Waals surface area contributed by atoms with E-state index in [0.29, 0.717) is 18.6 Å². The van der Waals surface area contributed by atoms with Crippen molar-refractivity contribution in [3.05, 3.63) is 52.5 Å². The SMILES string of the molecule is COc1ccc(COc2cc(O)c(C=O)cc2Cl)cc1. The van der Waals surface area contributed by atoms with Crippen LogP contribution in [-0.4, -0.2) is 18.5 Å². The minimum Gasteiger partial charge on any atom is -0.507 e. The van der Waals surface area contributed by atoms with Crippen LogP contribution in [0.3, 0.4) is 0 Å². The van der Waals surface area contributed by atoms with E-state index in [-0.39, 0.29) is 16.3 Å². The molecule has 2 aromatic rings. The predicted octanol–water partition coefficient (Wildman–Crippen LogP) is 3.45. The van der Waals surface area contributed by atoms with Crippen molar-refractivity contribution >= 4 is 17.9 Å². The standard InChI is InChI=1S/C15H13ClO4/c1-19-12-4-2-10(3-5-12)9-20-15-7-14(18)11(8-17)6-13(15)16/h2-8,18H,9H2,1H3. The molecule has 0 unspecified atom stereocenters. The molecule has 0 aliphatic heterocycles. The van der Waals surface area contributed by atoms with Crippen LogP contribution in [0.5, 0.6) is 17.2 Å².